The first-order valence-electron chi connectivity index (χ1n) is 9.06. The van der Waals surface area contributed by atoms with E-state index >= 15 is 0 Å². The first-order valence-corrected chi connectivity index (χ1v) is 9.82. The van der Waals surface area contributed by atoms with E-state index < -0.39 is 30.3 Å². The normalized spacial score (nSPS) is 16.3. The molecule has 162 valence electrons. The SMILES string of the molecule is C[C@@H](CC(=O)C1(N)COC1)c1ncc(-c2cc(Cl)cc(Cl)c2OCC(F)F)cc1F. The summed E-state index contributed by atoms with van der Waals surface area (Å²) in [7, 11) is 0. The monoisotopic (exact) mass is 462 g/mol. The third kappa shape index (κ3) is 4.88. The number of aromatic nitrogens is 1. The van der Waals surface area contributed by atoms with Crippen LogP contribution in [-0.2, 0) is 9.53 Å². The van der Waals surface area contributed by atoms with E-state index in [1.807, 2.05) is 0 Å². The summed E-state index contributed by atoms with van der Waals surface area (Å²) < 4.78 is 50.1. The van der Waals surface area contributed by atoms with Crippen LogP contribution >= 0.6 is 23.2 Å². The van der Waals surface area contributed by atoms with Gasteiger partial charge in [-0.2, -0.15) is 0 Å². The van der Waals surface area contributed by atoms with Gasteiger partial charge >= 0.3 is 0 Å². The minimum atomic E-state index is -2.72. The molecule has 5 nitrogen and oxygen atoms in total. The van der Waals surface area contributed by atoms with Gasteiger partial charge in [0.05, 0.1) is 23.9 Å². The van der Waals surface area contributed by atoms with Crippen molar-refractivity contribution in [3.63, 3.8) is 0 Å². The number of rotatable bonds is 8. The average Bonchev–Trinajstić information content (AvgIpc) is 2.64. The smallest absolute Gasteiger partial charge is 0.272 e. The van der Waals surface area contributed by atoms with Crippen molar-refractivity contribution in [2.75, 3.05) is 19.8 Å². The van der Waals surface area contributed by atoms with Crippen LogP contribution in [-0.4, -0.2) is 42.6 Å². The number of ketones is 1. The summed E-state index contributed by atoms with van der Waals surface area (Å²) in [6.45, 7) is 1.07. The molecule has 0 spiro atoms. The molecular formula is C20H19Cl2F3N2O3. The van der Waals surface area contributed by atoms with Gasteiger partial charge in [0.2, 0.25) is 0 Å². The van der Waals surface area contributed by atoms with E-state index in [1.165, 1.54) is 24.4 Å². The minimum Gasteiger partial charge on any atom is -0.485 e. The molecule has 3 rings (SSSR count). The number of nitrogens with two attached hydrogens (primary N) is 1. The van der Waals surface area contributed by atoms with Crippen molar-refractivity contribution in [3.05, 3.63) is 46.0 Å². The van der Waals surface area contributed by atoms with Gasteiger partial charge in [0.1, 0.15) is 23.7 Å². The van der Waals surface area contributed by atoms with Gasteiger partial charge in [-0.05, 0) is 18.2 Å². The Labute approximate surface area is 181 Å². The van der Waals surface area contributed by atoms with Crippen LogP contribution in [0.15, 0.2) is 24.4 Å². The molecule has 0 aliphatic carbocycles. The molecule has 0 radical (unpaired) electrons. The van der Waals surface area contributed by atoms with Crippen LogP contribution in [0.5, 0.6) is 5.75 Å². The summed E-state index contributed by atoms with van der Waals surface area (Å²) in [5.41, 5.74) is 5.44. The standard InChI is InChI=1S/C20H19Cl2F3N2O3/c1-10(2-16(28)20(26)8-29-9-20)18-15(23)3-11(6-27-18)13-4-12(21)5-14(22)19(13)30-7-17(24)25/h3-6,10,17H,2,7-9,26H2,1H3/t10-/m0/s1. The van der Waals surface area contributed by atoms with Gasteiger partial charge < -0.3 is 15.2 Å². The third-order valence-corrected chi connectivity index (χ3v) is 5.27. The van der Waals surface area contributed by atoms with Crippen molar-refractivity contribution in [1.82, 2.24) is 4.98 Å². The Morgan fingerprint density at radius 3 is 2.60 bits per heavy atom. The number of carbonyl (C=O) groups is 1. The van der Waals surface area contributed by atoms with Crippen LogP contribution < -0.4 is 10.5 Å². The number of halogens is 5. The highest BCUT2D eigenvalue weighted by Crippen LogP contribution is 2.40. The highest BCUT2D eigenvalue weighted by molar-refractivity contribution is 6.36. The lowest BCUT2D eigenvalue weighted by Gasteiger charge is -2.36. The van der Waals surface area contributed by atoms with E-state index in [0.717, 1.165) is 0 Å². The maximum Gasteiger partial charge on any atom is 0.272 e. The van der Waals surface area contributed by atoms with Gasteiger partial charge in [-0.1, -0.05) is 30.1 Å². The number of pyridine rings is 1. The fourth-order valence-electron chi connectivity index (χ4n) is 3.09. The second-order valence-corrected chi connectivity index (χ2v) is 8.08. The molecule has 1 atom stereocenters. The van der Waals surface area contributed by atoms with Crippen molar-refractivity contribution >= 4 is 29.0 Å². The number of benzene rings is 1. The topological polar surface area (TPSA) is 74.4 Å². The Kier molecular flexibility index (Phi) is 6.91. The van der Waals surface area contributed by atoms with E-state index in [9.17, 15) is 18.0 Å². The van der Waals surface area contributed by atoms with E-state index in [2.05, 4.69) is 4.98 Å². The van der Waals surface area contributed by atoms with E-state index in [-0.39, 0.29) is 58.0 Å². The number of nitrogens with zero attached hydrogens (tertiary/aromatic N) is 1. The van der Waals surface area contributed by atoms with Gasteiger partial charge in [-0.3, -0.25) is 9.78 Å². The number of carbonyl (C=O) groups excluding carboxylic acids is 1. The number of Topliss-reactive ketones (excluding diaryl/α,β-unsaturated/α-hetero) is 1. The molecule has 2 N–H and O–H groups in total. The lowest BCUT2D eigenvalue weighted by Crippen LogP contribution is -2.63. The number of hydrogen-bond donors (Lipinski definition) is 1. The molecule has 1 aromatic heterocycles. The largest absolute Gasteiger partial charge is 0.485 e. The van der Waals surface area contributed by atoms with Crippen molar-refractivity contribution in [3.8, 4) is 16.9 Å². The second kappa shape index (κ2) is 9.09. The predicted octanol–water partition coefficient (Wildman–Crippen LogP) is 4.63. The highest BCUT2D eigenvalue weighted by Gasteiger charge is 2.42. The molecule has 0 saturated carbocycles. The second-order valence-electron chi connectivity index (χ2n) is 7.23. The van der Waals surface area contributed by atoms with Crippen LogP contribution in [0.3, 0.4) is 0 Å². The third-order valence-electron chi connectivity index (χ3n) is 4.78. The zero-order chi connectivity index (χ0) is 22.1. The van der Waals surface area contributed by atoms with Gasteiger partial charge in [0.25, 0.3) is 6.43 Å². The maximum atomic E-state index is 14.8. The number of hydrogen-bond acceptors (Lipinski definition) is 5. The molecule has 2 aromatic rings. The summed E-state index contributed by atoms with van der Waals surface area (Å²) >= 11 is 12.1. The molecular weight excluding hydrogens is 444 g/mol. The van der Waals surface area contributed by atoms with Gasteiger partial charge in [0.15, 0.2) is 5.78 Å². The van der Waals surface area contributed by atoms with Crippen LogP contribution in [0.4, 0.5) is 13.2 Å². The number of alkyl halides is 2. The lowest BCUT2D eigenvalue weighted by molar-refractivity contribution is -0.141. The van der Waals surface area contributed by atoms with Gasteiger partial charge in [-0.15, -0.1) is 0 Å². The van der Waals surface area contributed by atoms with Crippen molar-refractivity contribution < 1.29 is 27.4 Å². The summed E-state index contributed by atoms with van der Waals surface area (Å²) in [5.74, 6) is -1.46. The molecule has 10 heteroatoms. The lowest BCUT2D eigenvalue weighted by atomic mass is 9.86. The molecule has 1 saturated heterocycles. The predicted molar refractivity (Wildman–Crippen MR) is 107 cm³/mol. The Morgan fingerprint density at radius 2 is 2.03 bits per heavy atom. The van der Waals surface area contributed by atoms with E-state index in [4.69, 9.17) is 38.4 Å². The van der Waals surface area contributed by atoms with E-state index in [1.54, 1.807) is 6.92 Å². The first kappa shape index (κ1) is 22.8. The molecule has 2 heterocycles. The molecule has 0 amide bonds. The molecule has 1 aliphatic rings. The van der Waals surface area contributed by atoms with Crippen LogP contribution in [0, 0.1) is 5.82 Å². The summed E-state index contributed by atoms with van der Waals surface area (Å²) in [5, 5.41) is 0.233. The average molecular weight is 463 g/mol. The van der Waals surface area contributed by atoms with Gasteiger partial charge in [0, 0.05) is 34.7 Å². The molecule has 0 bridgehead atoms. The Bertz CT molecular complexity index is 955. The highest BCUT2D eigenvalue weighted by atomic mass is 35.5. The quantitative estimate of drug-likeness (QED) is 0.618. The molecule has 1 aromatic carbocycles. The van der Waals surface area contributed by atoms with Crippen LogP contribution in [0.1, 0.15) is 25.0 Å². The molecule has 1 aliphatic heterocycles. The Balaban J connectivity index is 1.87. The van der Waals surface area contributed by atoms with Crippen molar-refractivity contribution in [1.29, 1.82) is 0 Å². The van der Waals surface area contributed by atoms with Crippen LogP contribution in [0.25, 0.3) is 11.1 Å². The number of ether oxygens (including phenoxy) is 2. The zero-order valence-corrected chi connectivity index (χ0v) is 17.4. The van der Waals surface area contributed by atoms with Crippen LogP contribution in [0.2, 0.25) is 10.0 Å². The molecule has 1 fully saturated rings. The molecule has 0 unspecified atom stereocenters. The zero-order valence-electron chi connectivity index (χ0n) is 15.9. The van der Waals surface area contributed by atoms with Crippen molar-refractivity contribution in [2.24, 2.45) is 5.73 Å². The summed E-state index contributed by atoms with van der Waals surface area (Å²) in [6.07, 6.45) is -1.36. The minimum absolute atomic E-state index is 0.00880. The van der Waals surface area contributed by atoms with E-state index in [0.29, 0.717) is 0 Å². The fourth-order valence-corrected chi connectivity index (χ4v) is 3.64. The fraction of sp³-hybridized carbons (Fsp3) is 0.400. The molecule has 30 heavy (non-hydrogen) atoms. The summed E-state index contributed by atoms with van der Waals surface area (Å²) in [6, 6.07) is 3.93. The maximum absolute atomic E-state index is 14.8. The van der Waals surface area contributed by atoms with Crippen molar-refractivity contribution in [2.45, 2.75) is 31.2 Å². The Hall–Kier alpha value is -1.87. The first-order chi connectivity index (χ1) is 14.1. The van der Waals surface area contributed by atoms with Gasteiger partial charge in [-0.25, -0.2) is 13.2 Å². The Morgan fingerprint density at radius 1 is 1.33 bits per heavy atom. The summed E-state index contributed by atoms with van der Waals surface area (Å²) in [4.78, 5) is 16.5.